The predicted molar refractivity (Wildman–Crippen MR) is 112 cm³/mol. The lowest BCUT2D eigenvalue weighted by atomic mass is 10.1. The molecule has 1 aliphatic rings. The molecule has 0 spiro atoms. The Morgan fingerprint density at radius 2 is 1.80 bits per heavy atom. The maximum absolute atomic E-state index is 12.9. The number of hydrogen-bond acceptors (Lipinski definition) is 7. The van der Waals surface area contributed by atoms with Crippen molar-refractivity contribution in [1.82, 2.24) is 15.0 Å². The molecule has 4 rings (SSSR count). The quantitative estimate of drug-likeness (QED) is 0.616. The Balaban J connectivity index is 1.41. The molecule has 30 heavy (non-hydrogen) atoms. The predicted octanol–water partition coefficient (Wildman–Crippen LogP) is 3.37. The summed E-state index contributed by atoms with van der Waals surface area (Å²) in [6, 6.07) is 12.9. The third kappa shape index (κ3) is 4.04. The van der Waals surface area contributed by atoms with Crippen LogP contribution in [0, 0.1) is 0 Å². The van der Waals surface area contributed by atoms with Crippen molar-refractivity contribution in [3.63, 3.8) is 0 Å². The van der Waals surface area contributed by atoms with E-state index >= 15 is 0 Å². The molecule has 0 atom stereocenters. The van der Waals surface area contributed by atoms with Crippen LogP contribution in [0.2, 0.25) is 5.02 Å². The fourth-order valence-electron chi connectivity index (χ4n) is 3.34. The lowest BCUT2D eigenvalue weighted by Crippen LogP contribution is -2.48. The monoisotopic (exact) mass is 428 g/mol. The molecule has 0 bridgehead atoms. The molecule has 3 aromatic rings. The third-order valence-corrected chi connectivity index (χ3v) is 5.20. The van der Waals surface area contributed by atoms with Gasteiger partial charge in [-0.15, -0.1) is 0 Å². The van der Waals surface area contributed by atoms with Gasteiger partial charge in [0.15, 0.2) is 11.5 Å². The number of rotatable bonds is 5. The van der Waals surface area contributed by atoms with Crippen molar-refractivity contribution in [3.05, 3.63) is 53.1 Å². The summed E-state index contributed by atoms with van der Waals surface area (Å²) >= 11 is 6.03. The van der Waals surface area contributed by atoms with E-state index in [1.54, 1.807) is 49.5 Å². The third-order valence-electron chi connectivity index (χ3n) is 4.97. The maximum Gasteiger partial charge on any atom is 0.324 e. The second kappa shape index (κ2) is 8.62. The minimum Gasteiger partial charge on any atom is -0.493 e. The molecule has 2 heterocycles. The zero-order chi connectivity index (χ0) is 21.1. The first-order valence-corrected chi connectivity index (χ1v) is 9.82. The van der Waals surface area contributed by atoms with Gasteiger partial charge < -0.3 is 23.8 Å². The maximum atomic E-state index is 12.9. The van der Waals surface area contributed by atoms with Gasteiger partial charge in [-0.25, -0.2) is 0 Å². The Hall–Kier alpha value is -3.26. The van der Waals surface area contributed by atoms with Crippen molar-refractivity contribution >= 4 is 23.5 Å². The van der Waals surface area contributed by atoms with Crippen molar-refractivity contribution in [2.75, 3.05) is 45.3 Å². The fourth-order valence-corrected chi connectivity index (χ4v) is 3.53. The number of nitrogens with zero attached hydrogens (tertiary/aromatic N) is 4. The Kier molecular flexibility index (Phi) is 5.76. The van der Waals surface area contributed by atoms with Crippen LogP contribution in [0.3, 0.4) is 0 Å². The van der Waals surface area contributed by atoms with Gasteiger partial charge in [0.2, 0.25) is 5.82 Å². The molecular formula is C21H21ClN4O4. The minimum absolute atomic E-state index is 0.0549. The van der Waals surface area contributed by atoms with Crippen LogP contribution in [0.25, 0.3) is 11.4 Å². The second-order valence-corrected chi connectivity index (χ2v) is 7.20. The summed E-state index contributed by atoms with van der Waals surface area (Å²) in [7, 11) is 3.11. The van der Waals surface area contributed by atoms with E-state index in [-0.39, 0.29) is 5.91 Å². The van der Waals surface area contributed by atoms with Gasteiger partial charge in [0.05, 0.1) is 14.2 Å². The van der Waals surface area contributed by atoms with Gasteiger partial charge in [-0.1, -0.05) is 28.9 Å². The Morgan fingerprint density at radius 3 is 2.50 bits per heavy atom. The average Bonchev–Trinajstić information content (AvgIpc) is 3.28. The normalized spacial score (nSPS) is 14.0. The summed E-state index contributed by atoms with van der Waals surface area (Å²) in [5.74, 6) is 1.55. The van der Waals surface area contributed by atoms with Crippen LogP contribution in [-0.4, -0.2) is 61.3 Å². The number of benzene rings is 2. The largest absolute Gasteiger partial charge is 0.493 e. The van der Waals surface area contributed by atoms with Gasteiger partial charge >= 0.3 is 6.01 Å². The first-order chi connectivity index (χ1) is 14.6. The summed E-state index contributed by atoms with van der Waals surface area (Å²) in [6.45, 7) is 2.27. The molecule has 1 fully saturated rings. The molecule has 1 aromatic heterocycles. The van der Waals surface area contributed by atoms with Gasteiger partial charge in [0.25, 0.3) is 5.91 Å². The molecule has 0 N–H and O–H groups in total. The molecular weight excluding hydrogens is 408 g/mol. The van der Waals surface area contributed by atoms with E-state index in [0.717, 1.165) is 5.56 Å². The van der Waals surface area contributed by atoms with Crippen LogP contribution in [0.15, 0.2) is 47.0 Å². The standard InChI is InChI=1S/C21H21ClN4O4/c1-28-17-7-6-15(13-18(17)29-2)20(27)25-8-10-26(11-9-25)21-23-19(24-30-21)14-4-3-5-16(22)12-14/h3-7,12-13H,8-11H2,1-2H3. The zero-order valence-electron chi connectivity index (χ0n) is 16.7. The molecule has 156 valence electrons. The number of piperazine rings is 1. The lowest BCUT2D eigenvalue weighted by Gasteiger charge is -2.33. The van der Waals surface area contributed by atoms with Crippen LogP contribution in [0.1, 0.15) is 10.4 Å². The van der Waals surface area contributed by atoms with Crippen molar-refractivity contribution in [3.8, 4) is 22.9 Å². The number of methoxy groups -OCH3 is 2. The van der Waals surface area contributed by atoms with Gasteiger partial charge in [0, 0.05) is 42.3 Å². The first kappa shape index (κ1) is 20.0. The molecule has 0 unspecified atom stereocenters. The number of aromatic nitrogens is 2. The summed E-state index contributed by atoms with van der Waals surface area (Å²) in [4.78, 5) is 21.1. The van der Waals surface area contributed by atoms with Gasteiger partial charge in [0.1, 0.15) is 0 Å². The molecule has 8 nitrogen and oxygen atoms in total. The molecule has 9 heteroatoms. The summed E-state index contributed by atoms with van der Waals surface area (Å²) in [5, 5.41) is 4.66. The minimum atomic E-state index is -0.0549. The number of carbonyl (C=O) groups excluding carboxylic acids is 1. The number of ether oxygens (including phenoxy) is 2. The number of halogens is 1. The highest BCUT2D eigenvalue weighted by atomic mass is 35.5. The molecule has 2 aromatic carbocycles. The van der Waals surface area contributed by atoms with E-state index in [9.17, 15) is 4.79 Å². The zero-order valence-corrected chi connectivity index (χ0v) is 17.4. The van der Waals surface area contributed by atoms with Crippen LogP contribution in [-0.2, 0) is 0 Å². The van der Waals surface area contributed by atoms with E-state index in [1.807, 2.05) is 17.0 Å². The number of anilines is 1. The van der Waals surface area contributed by atoms with Gasteiger partial charge in [-0.3, -0.25) is 4.79 Å². The van der Waals surface area contributed by atoms with E-state index in [1.165, 1.54) is 0 Å². The van der Waals surface area contributed by atoms with Gasteiger partial charge in [-0.05, 0) is 30.3 Å². The smallest absolute Gasteiger partial charge is 0.324 e. The highest BCUT2D eigenvalue weighted by molar-refractivity contribution is 6.30. The second-order valence-electron chi connectivity index (χ2n) is 6.76. The Labute approximate surface area is 178 Å². The summed E-state index contributed by atoms with van der Waals surface area (Å²) in [6.07, 6.45) is 0. The summed E-state index contributed by atoms with van der Waals surface area (Å²) < 4.78 is 16.0. The fraction of sp³-hybridized carbons (Fsp3) is 0.286. The first-order valence-electron chi connectivity index (χ1n) is 9.45. The molecule has 0 saturated carbocycles. The number of carbonyl (C=O) groups is 1. The molecule has 1 saturated heterocycles. The van der Waals surface area contributed by atoms with E-state index < -0.39 is 0 Å². The van der Waals surface area contributed by atoms with Gasteiger partial charge in [-0.2, -0.15) is 4.98 Å². The van der Waals surface area contributed by atoms with E-state index in [4.69, 9.17) is 25.6 Å². The van der Waals surface area contributed by atoms with E-state index in [2.05, 4.69) is 10.1 Å². The Morgan fingerprint density at radius 1 is 1.03 bits per heavy atom. The van der Waals surface area contributed by atoms with Crippen molar-refractivity contribution in [2.24, 2.45) is 0 Å². The van der Waals surface area contributed by atoms with Crippen LogP contribution >= 0.6 is 11.6 Å². The highest BCUT2D eigenvalue weighted by Gasteiger charge is 2.26. The average molecular weight is 429 g/mol. The molecule has 0 radical (unpaired) electrons. The molecule has 1 aliphatic heterocycles. The Bertz CT molecular complexity index is 1050. The van der Waals surface area contributed by atoms with Crippen LogP contribution < -0.4 is 14.4 Å². The molecule has 1 amide bonds. The number of amides is 1. The van der Waals surface area contributed by atoms with Crippen LogP contribution in [0.5, 0.6) is 11.5 Å². The topological polar surface area (TPSA) is 80.9 Å². The van der Waals surface area contributed by atoms with E-state index in [0.29, 0.717) is 60.1 Å². The highest BCUT2D eigenvalue weighted by Crippen LogP contribution is 2.28. The SMILES string of the molecule is COc1ccc(C(=O)N2CCN(c3nc(-c4cccc(Cl)c4)no3)CC2)cc1OC. The van der Waals surface area contributed by atoms with Crippen molar-refractivity contribution in [2.45, 2.75) is 0 Å². The van der Waals surface area contributed by atoms with Crippen LogP contribution in [0.4, 0.5) is 6.01 Å². The lowest BCUT2D eigenvalue weighted by molar-refractivity contribution is 0.0744. The summed E-state index contributed by atoms with van der Waals surface area (Å²) in [5.41, 5.74) is 1.35. The van der Waals surface area contributed by atoms with Crippen molar-refractivity contribution in [1.29, 1.82) is 0 Å². The van der Waals surface area contributed by atoms with Crippen molar-refractivity contribution < 1.29 is 18.8 Å². The molecule has 0 aliphatic carbocycles. The number of hydrogen-bond donors (Lipinski definition) is 0.